The number of nitrogens with one attached hydrogen (secondary N) is 1. The van der Waals surface area contributed by atoms with Gasteiger partial charge in [-0.25, -0.2) is 4.98 Å². The Labute approximate surface area is 180 Å². The third kappa shape index (κ3) is 4.39. The van der Waals surface area contributed by atoms with E-state index < -0.39 is 6.04 Å². The Morgan fingerprint density at radius 1 is 0.968 bits per heavy atom. The van der Waals surface area contributed by atoms with Crippen LogP contribution in [0.4, 0.5) is 0 Å². The molecular formula is C26H21N3O2. The van der Waals surface area contributed by atoms with E-state index in [0.717, 1.165) is 16.5 Å². The highest BCUT2D eigenvalue weighted by Gasteiger charge is 2.20. The van der Waals surface area contributed by atoms with Crippen molar-refractivity contribution < 1.29 is 9.90 Å². The molecular weight excluding hydrogens is 386 g/mol. The van der Waals surface area contributed by atoms with E-state index in [1.807, 2.05) is 84.9 Å². The van der Waals surface area contributed by atoms with Crippen molar-refractivity contribution in [2.45, 2.75) is 18.9 Å². The molecule has 0 fully saturated rings. The van der Waals surface area contributed by atoms with Crippen molar-refractivity contribution in [2.75, 3.05) is 0 Å². The molecule has 0 bridgehead atoms. The summed E-state index contributed by atoms with van der Waals surface area (Å²) in [7, 11) is 0. The molecule has 1 amide bonds. The zero-order chi connectivity index (χ0) is 21.6. The van der Waals surface area contributed by atoms with Crippen LogP contribution in [0.25, 0.3) is 22.2 Å². The number of hydrogen-bond donors (Lipinski definition) is 2. The molecule has 2 N–H and O–H groups in total. The van der Waals surface area contributed by atoms with Gasteiger partial charge in [-0.05, 0) is 11.6 Å². The summed E-state index contributed by atoms with van der Waals surface area (Å²) in [4.78, 5) is 17.6. The van der Waals surface area contributed by atoms with E-state index in [-0.39, 0.29) is 24.5 Å². The standard InChI is InChI=1S/C26H21N3O2/c27-16-15-22(18-9-3-1-4-10-18)28-24(30)17-21-20-13-7-8-14-23(20)29-25(26(21)31)19-11-5-2-6-12-19/h1-14,22,31H,15,17H2,(H,28,30)/t22-/m0/s1. The molecule has 1 aromatic heterocycles. The Morgan fingerprint density at radius 2 is 1.61 bits per heavy atom. The van der Waals surface area contributed by atoms with Crippen molar-refractivity contribution in [3.63, 3.8) is 0 Å². The van der Waals surface area contributed by atoms with Crippen LogP contribution in [-0.4, -0.2) is 16.0 Å². The second kappa shape index (κ2) is 9.10. The van der Waals surface area contributed by atoms with E-state index in [1.165, 1.54) is 0 Å². The van der Waals surface area contributed by atoms with Crippen LogP contribution in [0.3, 0.4) is 0 Å². The van der Waals surface area contributed by atoms with Gasteiger partial charge in [0.15, 0.2) is 0 Å². The van der Waals surface area contributed by atoms with Gasteiger partial charge in [-0.3, -0.25) is 4.79 Å². The summed E-state index contributed by atoms with van der Waals surface area (Å²) < 4.78 is 0. The first-order valence-corrected chi connectivity index (χ1v) is 10.0. The van der Waals surface area contributed by atoms with Gasteiger partial charge in [0, 0.05) is 16.5 Å². The average Bonchev–Trinajstić information content (AvgIpc) is 2.81. The van der Waals surface area contributed by atoms with Gasteiger partial charge in [0.05, 0.1) is 30.5 Å². The number of benzene rings is 3. The summed E-state index contributed by atoms with van der Waals surface area (Å²) in [6.07, 6.45) is 0.136. The predicted molar refractivity (Wildman–Crippen MR) is 120 cm³/mol. The maximum absolute atomic E-state index is 13.0. The maximum Gasteiger partial charge on any atom is 0.225 e. The molecule has 4 rings (SSSR count). The highest BCUT2D eigenvalue weighted by Crippen LogP contribution is 2.35. The van der Waals surface area contributed by atoms with Crippen molar-refractivity contribution in [3.05, 3.63) is 96.1 Å². The summed E-state index contributed by atoms with van der Waals surface area (Å²) >= 11 is 0. The van der Waals surface area contributed by atoms with Gasteiger partial charge < -0.3 is 10.4 Å². The maximum atomic E-state index is 13.0. The zero-order valence-electron chi connectivity index (χ0n) is 16.8. The molecule has 0 aliphatic carbocycles. The van der Waals surface area contributed by atoms with Crippen LogP contribution in [0.1, 0.15) is 23.6 Å². The van der Waals surface area contributed by atoms with E-state index in [9.17, 15) is 15.2 Å². The predicted octanol–water partition coefficient (Wildman–Crippen LogP) is 4.92. The highest BCUT2D eigenvalue weighted by atomic mass is 16.3. The van der Waals surface area contributed by atoms with Crippen LogP contribution in [0.15, 0.2) is 84.9 Å². The first-order chi connectivity index (χ1) is 15.2. The van der Waals surface area contributed by atoms with Crippen LogP contribution in [0.2, 0.25) is 0 Å². The number of nitrogens with zero attached hydrogens (tertiary/aromatic N) is 2. The van der Waals surface area contributed by atoms with Crippen LogP contribution < -0.4 is 5.32 Å². The number of carbonyl (C=O) groups excluding carboxylic acids is 1. The van der Waals surface area contributed by atoms with Gasteiger partial charge in [-0.15, -0.1) is 0 Å². The van der Waals surface area contributed by atoms with Gasteiger partial charge >= 0.3 is 0 Å². The molecule has 5 heteroatoms. The molecule has 0 aliphatic rings. The number of nitriles is 1. The molecule has 0 saturated heterocycles. The lowest BCUT2D eigenvalue weighted by atomic mass is 9.99. The number of aromatic nitrogens is 1. The summed E-state index contributed by atoms with van der Waals surface area (Å²) in [6, 6.07) is 28.0. The second-order valence-electron chi connectivity index (χ2n) is 7.24. The number of amides is 1. The minimum absolute atomic E-state index is 0.00315. The Balaban J connectivity index is 1.70. The lowest BCUT2D eigenvalue weighted by Crippen LogP contribution is -2.29. The Bertz CT molecular complexity index is 1250. The molecule has 1 atom stereocenters. The van der Waals surface area contributed by atoms with Crippen LogP contribution >= 0.6 is 0 Å². The molecule has 4 aromatic rings. The summed E-state index contributed by atoms with van der Waals surface area (Å²) in [6.45, 7) is 0. The summed E-state index contributed by atoms with van der Waals surface area (Å²) in [5.41, 5.74) is 3.31. The quantitative estimate of drug-likeness (QED) is 0.475. The van der Waals surface area contributed by atoms with E-state index in [4.69, 9.17) is 0 Å². The fourth-order valence-corrected chi connectivity index (χ4v) is 3.68. The number of rotatable bonds is 6. The minimum atomic E-state index is -0.414. The molecule has 3 aromatic carbocycles. The van der Waals surface area contributed by atoms with E-state index in [1.54, 1.807) is 0 Å². The van der Waals surface area contributed by atoms with Crippen molar-refractivity contribution in [3.8, 4) is 23.1 Å². The van der Waals surface area contributed by atoms with E-state index in [2.05, 4.69) is 16.4 Å². The van der Waals surface area contributed by atoms with Crippen molar-refractivity contribution in [1.82, 2.24) is 10.3 Å². The van der Waals surface area contributed by atoms with Gasteiger partial charge in [-0.2, -0.15) is 5.26 Å². The fourth-order valence-electron chi connectivity index (χ4n) is 3.68. The van der Waals surface area contributed by atoms with Gasteiger partial charge in [0.1, 0.15) is 11.4 Å². The number of pyridine rings is 1. The van der Waals surface area contributed by atoms with E-state index in [0.29, 0.717) is 16.8 Å². The lowest BCUT2D eigenvalue weighted by molar-refractivity contribution is -0.121. The van der Waals surface area contributed by atoms with Crippen LogP contribution in [-0.2, 0) is 11.2 Å². The number of carbonyl (C=O) groups is 1. The van der Waals surface area contributed by atoms with Gasteiger partial charge in [-0.1, -0.05) is 78.9 Å². The third-order valence-electron chi connectivity index (χ3n) is 5.19. The Morgan fingerprint density at radius 3 is 2.32 bits per heavy atom. The van der Waals surface area contributed by atoms with Gasteiger partial charge in [0.25, 0.3) is 0 Å². The molecule has 0 spiro atoms. The Hall–Kier alpha value is -4.17. The van der Waals surface area contributed by atoms with Crippen molar-refractivity contribution >= 4 is 16.8 Å². The van der Waals surface area contributed by atoms with E-state index >= 15 is 0 Å². The fraction of sp³-hybridized carbons (Fsp3) is 0.115. The molecule has 152 valence electrons. The largest absolute Gasteiger partial charge is 0.505 e. The molecule has 0 unspecified atom stereocenters. The molecule has 31 heavy (non-hydrogen) atoms. The summed E-state index contributed by atoms with van der Waals surface area (Å²) in [5.74, 6) is -0.272. The third-order valence-corrected chi connectivity index (χ3v) is 5.19. The smallest absolute Gasteiger partial charge is 0.225 e. The average molecular weight is 407 g/mol. The van der Waals surface area contributed by atoms with Gasteiger partial charge in [0.2, 0.25) is 5.91 Å². The number of fused-ring (bicyclic) bond motifs is 1. The second-order valence-corrected chi connectivity index (χ2v) is 7.24. The van der Waals surface area contributed by atoms with Crippen molar-refractivity contribution in [1.29, 1.82) is 5.26 Å². The molecule has 0 aliphatic heterocycles. The van der Waals surface area contributed by atoms with Crippen molar-refractivity contribution in [2.24, 2.45) is 0 Å². The SMILES string of the molecule is N#CC[C@H](NC(=O)Cc1c(O)c(-c2ccccc2)nc2ccccc12)c1ccccc1. The number of para-hydroxylation sites is 1. The molecule has 1 heterocycles. The monoisotopic (exact) mass is 407 g/mol. The Kier molecular flexibility index (Phi) is 5.91. The minimum Gasteiger partial charge on any atom is -0.505 e. The number of hydrogen-bond acceptors (Lipinski definition) is 4. The topological polar surface area (TPSA) is 86.0 Å². The molecule has 5 nitrogen and oxygen atoms in total. The number of aromatic hydroxyl groups is 1. The summed E-state index contributed by atoms with van der Waals surface area (Å²) in [5, 5.41) is 23.9. The molecule has 0 radical (unpaired) electrons. The lowest BCUT2D eigenvalue weighted by Gasteiger charge is -2.18. The normalized spacial score (nSPS) is 11.6. The molecule has 0 saturated carbocycles. The highest BCUT2D eigenvalue weighted by molar-refractivity contribution is 5.93. The first-order valence-electron chi connectivity index (χ1n) is 10.0. The first kappa shape index (κ1) is 20.1. The van der Waals surface area contributed by atoms with Crippen LogP contribution in [0, 0.1) is 11.3 Å². The van der Waals surface area contributed by atoms with Crippen LogP contribution in [0.5, 0.6) is 5.75 Å². The zero-order valence-corrected chi connectivity index (χ0v) is 16.8.